The average Bonchev–Trinajstić information content (AvgIpc) is 2.68. The molecule has 18 heavy (non-hydrogen) atoms. The summed E-state index contributed by atoms with van der Waals surface area (Å²) in [7, 11) is 0. The van der Waals surface area contributed by atoms with E-state index in [9.17, 15) is 4.79 Å². The average molecular weight is 256 g/mol. The van der Waals surface area contributed by atoms with Gasteiger partial charge in [-0.2, -0.15) is 10.2 Å². The molecule has 1 aromatic carbocycles. The first-order valence-corrected chi connectivity index (χ1v) is 5.68. The molecule has 2 aromatic rings. The van der Waals surface area contributed by atoms with E-state index in [1.165, 1.54) is 0 Å². The summed E-state index contributed by atoms with van der Waals surface area (Å²) in [6.07, 6.45) is 5.13. The normalized spacial score (nSPS) is 17.0. The number of hydrogen-bond donors (Lipinski definition) is 2. The lowest BCUT2D eigenvalue weighted by Gasteiger charge is -1.99. The van der Waals surface area contributed by atoms with Crippen LogP contribution in [0.4, 0.5) is 0 Å². The lowest BCUT2D eigenvalue weighted by Crippen LogP contribution is -2.21. The molecule has 0 spiro atoms. The van der Waals surface area contributed by atoms with Gasteiger partial charge in [-0.3, -0.25) is 10.1 Å². The highest BCUT2D eigenvalue weighted by Crippen LogP contribution is 2.16. The summed E-state index contributed by atoms with van der Waals surface area (Å²) in [5.41, 5.74) is 1.35. The van der Waals surface area contributed by atoms with E-state index in [-0.39, 0.29) is 5.91 Å². The largest absolute Gasteiger partial charge is 0.328 e. The molecule has 1 amide bonds. The molecule has 1 fully saturated rings. The minimum atomic E-state index is -0.215. The lowest BCUT2D eigenvalue weighted by molar-refractivity contribution is -0.115. The standard InChI is InChI=1S/C12H8N4OS/c17-11-10(15-12(18)16-11)4-7-1-2-8-5-13-14-6-9(8)3-7/h1-6H,(H2,15,16,17,18)/b10-4-. The van der Waals surface area contributed by atoms with Crippen molar-refractivity contribution in [3.63, 3.8) is 0 Å². The monoisotopic (exact) mass is 256 g/mol. The van der Waals surface area contributed by atoms with Gasteiger partial charge in [0, 0.05) is 10.8 Å². The van der Waals surface area contributed by atoms with Gasteiger partial charge in [-0.1, -0.05) is 12.1 Å². The van der Waals surface area contributed by atoms with E-state index < -0.39 is 0 Å². The number of thiocarbonyl (C=S) groups is 1. The summed E-state index contributed by atoms with van der Waals surface area (Å²) < 4.78 is 0. The molecule has 88 valence electrons. The molecule has 0 saturated carbocycles. The Labute approximate surface area is 108 Å². The number of benzene rings is 1. The van der Waals surface area contributed by atoms with E-state index in [4.69, 9.17) is 12.2 Å². The SMILES string of the molecule is O=C1NC(=S)N/C1=C\c1ccc2cnncc2c1. The fourth-order valence-corrected chi connectivity index (χ4v) is 1.96. The Morgan fingerprint density at radius 3 is 2.61 bits per heavy atom. The van der Waals surface area contributed by atoms with Gasteiger partial charge in [0.2, 0.25) is 0 Å². The van der Waals surface area contributed by atoms with Crippen molar-refractivity contribution >= 4 is 40.1 Å². The summed E-state index contributed by atoms with van der Waals surface area (Å²) in [5, 5.41) is 15.3. The number of rotatable bonds is 1. The molecule has 1 aliphatic rings. The van der Waals surface area contributed by atoms with Crippen LogP contribution in [-0.4, -0.2) is 21.2 Å². The lowest BCUT2D eigenvalue weighted by atomic mass is 10.1. The minimum Gasteiger partial charge on any atom is -0.328 e. The van der Waals surface area contributed by atoms with Gasteiger partial charge in [-0.05, 0) is 29.9 Å². The molecule has 1 aromatic heterocycles. The number of fused-ring (bicyclic) bond motifs is 1. The van der Waals surface area contributed by atoms with Gasteiger partial charge in [0.15, 0.2) is 5.11 Å². The van der Waals surface area contributed by atoms with Gasteiger partial charge in [-0.15, -0.1) is 0 Å². The van der Waals surface area contributed by atoms with Gasteiger partial charge < -0.3 is 5.32 Å². The minimum absolute atomic E-state index is 0.215. The van der Waals surface area contributed by atoms with Gasteiger partial charge in [0.25, 0.3) is 5.91 Å². The van der Waals surface area contributed by atoms with E-state index in [0.29, 0.717) is 10.8 Å². The van der Waals surface area contributed by atoms with Gasteiger partial charge in [-0.25, -0.2) is 0 Å². The van der Waals surface area contributed by atoms with Crippen LogP contribution in [0.3, 0.4) is 0 Å². The third kappa shape index (κ3) is 1.93. The van der Waals surface area contributed by atoms with Crippen LogP contribution < -0.4 is 10.6 Å². The Morgan fingerprint density at radius 1 is 1.11 bits per heavy atom. The summed E-state index contributed by atoms with van der Waals surface area (Å²) >= 11 is 4.86. The van der Waals surface area contributed by atoms with Crippen molar-refractivity contribution in [3.05, 3.63) is 41.9 Å². The van der Waals surface area contributed by atoms with E-state index in [0.717, 1.165) is 16.3 Å². The third-order valence-corrected chi connectivity index (χ3v) is 2.81. The van der Waals surface area contributed by atoms with Crippen molar-refractivity contribution in [2.45, 2.75) is 0 Å². The van der Waals surface area contributed by atoms with Crippen LogP contribution in [0.15, 0.2) is 36.3 Å². The van der Waals surface area contributed by atoms with Crippen LogP contribution in [0, 0.1) is 0 Å². The highest BCUT2D eigenvalue weighted by atomic mass is 32.1. The second-order valence-electron chi connectivity index (χ2n) is 3.84. The predicted molar refractivity (Wildman–Crippen MR) is 71.4 cm³/mol. The maximum atomic E-state index is 11.5. The first-order valence-electron chi connectivity index (χ1n) is 5.27. The van der Waals surface area contributed by atoms with Crippen molar-refractivity contribution in [2.24, 2.45) is 0 Å². The number of nitrogens with zero attached hydrogens (tertiary/aromatic N) is 2. The quantitative estimate of drug-likeness (QED) is 0.588. The maximum absolute atomic E-state index is 11.5. The molecule has 0 radical (unpaired) electrons. The van der Waals surface area contributed by atoms with Crippen LogP contribution in [0.5, 0.6) is 0 Å². The molecular formula is C12H8N4OS. The van der Waals surface area contributed by atoms with Crippen molar-refractivity contribution in [1.82, 2.24) is 20.8 Å². The summed E-state index contributed by atoms with van der Waals surface area (Å²) in [4.78, 5) is 11.5. The van der Waals surface area contributed by atoms with Crippen LogP contribution in [0.25, 0.3) is 16.8 Å². The maximum Gasteiger partial charge on any atom is 0.273 e. The molecule has 6 heteroatoms. The number of amides is 1. The fourth-order valence-electron chi connectivity index (χ4n) is 1.75. The molecule has 3 rings (SSSR count). The van der Waals surface area contributed by atoms with Crippen molar-refractivity contribution < 1.29 is 4.79 Å². The predicted octanol–water partition coefficient (Wildman–Crippen LogP) is 0.975. The molecule has 0 unspecified atom stereocenters. The Balaban J connectivity index is 2.02. The smallest absolute Gasteiger partial charge is 0.273 e. The number of nitrogens with one attached hydrogen (secondary N) is 2. The van der Waals surface area contributed by atoms with Crippen LogP contribution >= 0.6 is 12.2 Å². The van der Waals surface area contributed by atoms with E-state index >= 15 is 0 Å². The Bertz CT molecular complexity index is 695. The van der Waals surface area contributed by atoms with E-state index in [1.807, 2.05) is 18.2 Å². The Hall–Kier alpha value is -2.34. The number of aromatic nitrogens is 2. The summed E-state index contributed by atoms with van der Waals surface area (Å²) in [5.74, 6) is -0.215. The zero-order chi connectivity index (χ0) is 12.5. The molecule has 1 aliphatic heterocycles. The van der Waals surface area contributed by atoms with Gasteiger partial charge in [0.05, 0.1) is 12.4 Å². The van der Waals surface area contributed by atoms with Crippen molar-refractivity contribution in [1.29, 1.82) is 0 Å². The van der Waals surface area contributed by atoms with Crippen LogP contribution in [0.2, 0.25) is 0 Å². The highest BCUT2D eigenvalue weighted by molar-refractivity contribution is 7.80. The molecular weight excluding hydrogens is 248 g/mol. The molecule has 0 aliphatic carbocycles. The first-order chi connectivity index (χ1) is 8.72. The molecule has 2 N–H and O–H groups in total. The second-order valence-corrected chi connectivity index (χ2v) is 4.25. The summed E-state index contributed by atoms with van der Waals surface area (Å²) in [6, 6.07) is 5.78. The number of carbonyl (C=O) groups excluding carboxylic acids is 1. The summed E-state index contributed by atoms with van der Waals surface area (Å²) in [6.45, 7) is 0. The van der Waals surface area contributed by atoms with Gasteiger partial charge in [0.1, 0.15) is 5.70 Å². The Kier molecular flexibility index (Phi) is 2.49. The highest BCUT2D eigenvalue weighted by Gasteiger charge is 2.19. The zero-order valence-electron chi connectivity index (χ0n) is 9.18. The number of hydrogen-bond acceptors (Lipinski definition) is 4. The number of carbonyl (C=O) groups is 1. The first kappa shape index (κ1) is 10.8. The molecule has 1 saturated heterocycles. The van der Waals surface area contributed by atoms with E-state index in [1.54, 1.807) is 18.5 Å². The van der Waals surface area contributed by atoms with Crippen molar-refractivity contribution in [3.8, 4) is 0 Å². The van der Waals surface area contributed by atoms with Gasteiger partial charge >= 0.3 is 0 Å². The van der Waals surface area contributed by atoms with Crippen molar-refractivity contribution in [2.75, 3.05) is 0 Å². The Morgan fingerprint density at radius 2 is 1.89 bits per heavy atom. The zero-order valence-corrected chi connectivity index (χ0v) is 9.99. The fraction of sp³-hybridized carbons (Fsp3) is 0. The molecule has 2 heterocycles. The molecule has 0 atom stereocenters. The topological polar surface area (TPSA) is 66.9 Å². The van der Waals surface area contributed by atoms with Crippen LogP contribution in [0.1, 0.15) is 5.56 Å². The molecule has 0 bridgehead atoms. The van der Waals surface area contributed by atoms with E-state index in [2.05, 4.69) is 20.8 Å². The third-order valence-electron chi connectivity index (χ3n) is 2.60. The second kappa shape index (κ2) is 4.15. The van der Waals surface area contributed by atoms with Crippen LogP contribution in [-0.2, 0) is 4.79 Å². The molecule has 5 nitrogen and oxygen atoms in total.